The number of pyridine rings is 1. The van der Waals surface area contributed by atoms with Crippen LogP contribution in [0.25, 0.3) is 0 Å². The van der Waals surface area contributed by atoms with Gasteiger partial charge in [0, 0.05) is 18.3 Å². The number of aromatic nitrogens is 1. The molecule has 0 amide bonds. The van der Waals surface area contributed by atoms with Crippen LogP contribution in [0.3, 0.4) is 0 Å². The average Bonchev–Trinajstić information content (AvgIpc) is 2.34. The van der Waals surface area contributed by atoms with Gasteiger partial charge in [0.25, 0.3) is 0 Å². The van der Waals surface area contributed by atoms with E-state index in [1.807, 2.05) is 38.1 Å². The fourth-order valence-corrected chi connectivity index (χ4v) is 1.99. The van der Waals surface area contributed by atoms with Crippen molar-refractivity contribution < 1.29 is 4.74 Å². The van der Waals surface area contributed by atoms with Crippen molar-refractivity contribution in [3.05, 3.63) is 53.3 Å². The van der Waals surface area contributed by atoms with Crippen LogP contribution in [0, 0.1) is 13.8 Å². The van der Waals surface area contributed by atoms with E-state index in [0.717, 1.165) is 29.0 Å². The fraction of sp³-hybridized carbons (Fsp3) is 0.267. The highest BCUT2D eigenvalue weighted by molar-refractivity contribution is 5.58. The Morgan fingerprint density at radius 1 is 1.22 bits per heavy atom. The van der Waals surface area contributed by atoms with Gasteiger partial charge in [-0.05, 0) is 43.2 Å². The van der Waals surface area contributed by atoms with E-state index in [9.17, 15) is 0 Å². The summed E-state index contributed by atoms with van der Waals surface area (Å²) in [6.45, 7) is 4.63. The molecule has 1 aromatic heterocycles. The highest BCUT2D eigenvalue weighted by Gasteiger charge is 2.05. The summed E-state index contributed by atoms with van der Waals surface area (Å²) >= 11 is 0. The Morgan fingerprint density at radius 2 is 2.06 bits per heavy atom. The number of hydrogen-bond donors (Lipinski definition) is 1. The second kappa shape index (κ2) is 5.54. The first-order valence-corrected chi connectivity index (χ1v) is 6.06. The molecule has 0 saturated heterocycles. The standard InChI is InChI=1S/C15H18N2O/c1-11-9-12(2)15(14(16)10-11)18-8-6-13-5-3-4-7-17-13/h3-5,7,9-10H,6,8,16H2,1-2H3. The topological polar surface area (TPSA) is 48.1 Å². The summed E-state index contributed by atoms with van der Waals surface area (Å²) in [5.74, 6) is 0.788. The molecule has 0 aliphatic heterocycles. The number of nitrogens with two attached hydrogens (primary N) is 1. The van der Waals surface area contributed by atoms with E-state index in [-0.39, 0.29) is 0 Å². The fourth-order valence-electron chi connectivity index (χ4n) is 1.99. The van der Waals surface area contributed by atoms with Crippen LogP contribution in [0.5, 0.6) is 5.75 Å². The second-order valence-electron chi connectivity index (χ2n) is 4.42. The van der Waals surface area contributed by atoms with Gasteiger partial charge >= 0.3 is 0 Å². The van der Waals surface area contributed by atoms with Gasteiger partial charge in [-0.2, -0.15) is 0 Å². The van der Waals surface area contributed by atoms with Crippen LogP contribution < -0.4 is 10.5 Å². The maximum absolute atomic E-state index is 5.96. The molecule has 1 aromatic carbocycles. The monoisotopic (exact) mass is 242 g/mol. The summed E-state index contributed by atoms with van der Waals surface area (Å²) < 4.78 is 5.76. The van der Waals surface area contributed by atoms with Gasteiger partial charge in [-0.3, -0.25) is 4.98 Å². The number of nitrogens with zero attached hydrogens (tertiary/aromatic N) is 1. The van der Waals surface area contributed by atoms with Crippen LogP contribution in [-0.4, -0.2) is 11.6 Å². The minimum atomic E-state index is 0.588. The van der Waals surface area contributed by atoms with Crippen molar-refractivity contribution in [3.8, 4) is 5.75 Å². The van der Waals surface area contributed by atoms with E-state index in [2.05, 4.69) is 11.1 Å². The van der Waals surface area contributed by atoms with Gasteiger partial charge in [-0.15, -0.1) is 0 Å². The predicted octanol–water partition coefficient (Wildman–Crippen LogP) is 2.90. The van der Waals surface area contributed by atoms with Gasteiger partial charge in [0.1, 0.15) is 5.75 Å². The molecule has 0 aliphatic rings. The lowest BCUT2D eigenvalue weighted by Gasteiger charge is -2.12. The van der Waals surface area contributed by atoms with Crippen molar-refractivity contribution in [3.63, 3.8) is 0 Å². The van der Waals surface area contributed by atoms with Crippen LogP contribution in [0.2, 0.25) is 0 Å². The molecule has 0 aliphatic carbocycles. The van der Waals surface area contributed by atoms with E-state index in [1.165, 1.54) is 0 Å². The van der Waals surface area contributed by atoms with Crippen LogP contribution in [0.15, 0.2) is 36.5 Å². The Morgan fingerprint density at radius 3 is 2.72 bits per heavy atom. The third kappa shape index (κ3) is 3.00. The molecule has 0 atom stereocenters. The number of anilines is 1. The van der Waals surface area contributed by atoms with Crippen LogP contribution >= 0.6 is 0 Å². The Hall–Kier alpha value is -2.03. The van der Waals surface area contributed by atoms with Gasteiger partial charge in [-0.1, -0.05) is 12.1 Å². The largest absolute Gasteiger partial charge is 0.491 e. The zero-order chi connectivity index (χ0) is 13.0. The normalized spacial score (nSPS) is 10.3. The lowest BCUT2D eigenvalue weighted by Crippen LogP contribution is -2.06. The quantitative estimate of drug-likeness (QED) is 0.839. The Labute approximate surface area is 108 Å². The third-order valence-corrected chi connectivity index (χ3v) is 2.78. The zero-order valence-corrected chi connectivity index (χ0v) is 10.8. The summed E-state index contributed by atoms with van der Waals surface area (Å²) in [5, 5.41) is 0. The summed E-state index contributed by atoms with van der Waals surface area (Å²) in [6, 6.07) is 9.89. The summed E-state index contributed by atoms with van der Waals surface area (Å²) in [4.78, 5) is 4.26. The molecule has 18 heavy (non-hydrogen) atoms. The van der Waals surface area contributed by atoms with Gasteiger partial charge in [0.2, 0.25) is 0 Å². The van der Waals surface area contributed by atoms with Crippen molar-refractivity contribution in [2.24, 2.45) is 0 Å². The number of benzene rings is 1. The van der Waals surface area contributed by atoms with Crippen molar-refractivity contribution >= 4 is 5.69 Å². The number of hydrogen-bond acceptors (Lipinski definition) is 3. The van der Waals surface area contributed by atoms with Gasteiger partial charge < -0.3 is 10.5 Å². The molecular formula is C15H18N2O. The molecule has 0 unspecified atom stereocenters. The Balaban J connectivity index is 1.99. The highest BCUT2D eigenvalue weighted by atomic mass is 16.5. The molecule has 0 spiro atoms. The molecule has 3 heteroatoms. The van der Waals surface area contributed by atoms with Crippen molar-refractivity contribution in [2.45, 2.75) is 20.3 Å². The van der Waals surface area contributed by atoms with Gasteiger partial charge in [0.05, 0.1) is 12.3 Å². The average molecular weight is 242 g/mol. The molecule has 0 saturated carbocycles. The van der Waals surface area contributed by atoms with Gasteiger partial charge in [0.15, 0.2) is 0 Å². The first kappa shape index (κ1) is 12.4. The Kier molecular flexibility index (Phi) is 3.82. The predicted molar refractivity (Wildman–Crippen MR) is 73.8 cm³/mol. The molecule has 2 N–H and O–H groups in total. The second-order valence-corrected chi connectivity index (χ2v) is 4.42. The van der Waals surface area contributed by atoms with E-state index in [1.54, 1.807) is 6.20 Å². The zero-order valence-electron chi connectivity index (χ0n) is 10.8. The molecule has 3 nitrogen and oxygen atoms in total. The molecule has 2 rings (SSSR count). The smallest absolute Gasteiger partial charge is 0.145 e. The van der Waals surface area contributed by atoms with Crippen molar-refractivity contribution in [1.29, 1.82) is 0 Å². The molecule has 0 radical (unpaired) electrons. The van der Waals surface area contributed by atoms with Gasteiger partial charge in [-0.25, -0.2) is 0 Å². The molecule has 0 bridgehead atoms. The molecule has 94 valence electrons. The highest BCUT2D eigenvalue weighted by Crippen LogP contribution is 2.27. The van der Waals surface area contributed by atoms with Crippen molar-refractivity contribution in [2.75, 3.05) is 12.3 Å². The number of aryl methyl sites for hydroxylation is 2. The summed E-state index contributed by atoms with van der Waals surface area (Å²) in [7, 11) is 0. The van der Waals surface area contributed by atoms with Crippen molar-refractivity contribution in [1.82, 2.24) is 4.98 Å². The first-order valence-electron chi connectivity index (χ1n) is 6.06. The third-order valence-electron chi connectivity index (χ3n) is 2.78. The first-order chi connectivity index (χ1) is 8.66. The number of rotatable bonds is 4. The summed E-state index contributed by atoms with van der Waals surface area (Å²) in [5.41, 5.74) is 9.92. The number of ether oxygens (including phenoxy) is 1. The SMILES string of the molecule is Cc1cc(C)c(OCCc2ccccn2)c(N)c1. The van der Waals surface area contributed by atoms with E-state index >= 15 is 0 Å². The van der Waals surface area contributed by atoms with Crippen LogP contribution in [-0.2, 0) is 6.42 Å². The number of nitrogen functional groups attached to an aromatic ring is 1. The molecule has 2 aromatic rings. The van der Waals surface area contributed by atoms with Crippen LogP contribution in [0.1, 0.15) is 16.8 Å². The Bertz CT molecular complexity index is 500. The molecular weight excluding hydrogens is 224 g/mol. The molecule has 1 heterocycles. The van der Waals surface area contributed by atoms with Crippen LogP contribution in [0.4, 0.5) is 5.69 Å². The molecule has 0 fully saturated rings. The van der Waals surface area contributed by atoms with E-state index in [0.29, 0.717) is 12.3 Å². The maximum Gasteiger partial charge on any atom is 0.145 e. The lowest BCUT2D eigenvalue weighted by molar-refractivity contribution is 0.320. The minimum absolute atomic E-state index is 0.588. The summed E-state index contributed by atoms with van der Waals surface area (Å²) in [6.07, 6.45) is 2.58. The van der Waals surface area contributed by atoms with E-state index in [4.69, 9.17) is 10.5 Å². The maximum atomic E-state index is 5.96. The van der Waals surface area contributed by atoms with E-state index < -0.39 is 0 Å². The minimum Gasteiger partial charge on any atom is -0.491 e. The lowest BCUT2D eigenvalue weighted by atomic mass is 10.1.